The average molecular weight is 239 g/mol. The number of ether oxygens (including phenoxy) is 1. The summed E-state index contributed by atoms with van der Waals surface area (Å²) in [6, 6.07) is 0. The molecule has 0 aliphatic rings. The van der Waals surface area contributed by atoms with Crippen molar-refractivity contribution >= 4 is 11.8 Å². The molecule has 0 aliphatic heterocycles. The van der Waals surface area contributed by atoms with Gasteiger partial charge in [-0.3, -0.25) is 10.1 Å². The smallest absolute Gasteiger partial charge is 0.343 e. The molecular formula is C10H17N5O2. The van der Waals surface area contributed by atoms with Crippen molar-refractivity contribution in [3.63, 3.8) is 0 Å². The molecule has 0 bridgehead atoms. The molecule has 0 saturated heterocycles. The van der Waals surface area contributed by atoms with Crippen LogP contribution in [0.4, 0.5) is 5.82 Å². The van der Waals surface area contributed by atoms with Crippen LogP contribution in [0.1, 0.15) is 30.1 Å². The third-order valence-corrected chi connectivity index (χ3v) is 2.16. The number of nitrogens with zero attached hydrogens (tertiary/aromatic N) is 4. The second kappa shape index (κ2) is 6.62. The van der Waals surface area contributed by atoms with Crippen LogP contribution in [-0.4, -0.2) is 41.9 Å². The molecule has 1 heterocycles. The SMILES string of the molecule is CCCCN(C)N=Nc1[nH]ncc1C(=O)OC. The van der Waals surface area contributed by atoms with Crippen LogP contribution in [0.2, 0.25) is 0 Å². The molecule has 0 atom stereocenters. The van der Waals surface area contributed by atoms with Crippen molar-refractivity contribution in [2.24, 2.45) is 10.3 Å². The fraction of sp³-hybridized carbons (Fsp3) is 0.600. The third-order valence-electron chi connectivity index (χ3n) is 2.16. The van der Waals surface area contributed by atoms with Gasteiger partial charge in [-0.05, 0) is 6.42 Å². The molecule has 0 saturated carbocycles. The molecule has 7 heteroatoms. The zero-order chi connectivity index (χ0) is 12.7. The van der Waals surface area contributed by atoms with Crippen molar-refractivity contribution < 1.29 is 9.53 Å². The first-order valence-electron chi connectivity index (χ1n) is 5.43. The minimum atomic E-state index is -0.482. The lowest BCUT2D eigenvalue weighted by atomic mass is 10.3. The molecular weight excluding hydrogens is 222 g/mol. The van der Waals surface area contributed by atoms with Gasteiger partial charge in [0.2, 0.25) is 0 Å². The summed E-state index contributed by atoms with van der Waals surface area (Å²) < 4.78 is 4.59. The Morgan fingerprint density at radius 2 is 2.41 bits per heavy atom. The van der Waals surface area contributed by atoms with Crippen LogP contribution in [0.25, 0.3) is 0 Å². The Labute approximate surface area is 99.8 Å². The van der Waals surface area contributed by atoms with Crippen LogP contribution in [0.5, 0.6) is 0 Å². The molecule has 94 valence electrons. The largest absolute Gasteiger partial charge is 0.465 e. The van der Waals surface area contributed by atoms with E-state index in [0.717, 1.165) is 19.4 Å². The maximum Gasteiger partial charge on any atom is 0.343 e. The Hall–Kier alpha value is -1.92. The van der Waals surface area contributed by atoms with Gasteiger partial charge in [-0.15, -0.1) is 5.11 Å². The molecule has 0 radical (unpaired) electrons. The van der Waals surface area contributed by atoms with Crippen molar-refractivity contribution in [1.82, 2.24) is 15.2 Å². The van der Waals surface area contributed by atoms with E-state index in [1.807, 2.05) is 7.05 Å². The van der Waals surface area contributed by atoms with E-state index in [4.69, 9.17) is 0 Å². The first-order chi connectivity index (χ1) is 8.19. The predicted octanol–water partition coefficient (Wildman–Crippen LogP) is 1.93. The Kier molecular flexibility index (Phi) is 5.12. The Morgan fingerprint density at radius 1 is 1.65 bits per heavy atom. The van der Waals surface area contributed by atoms with E-state index in [1.54, 1.807) is 5.01 Å². The van der Waals surface area contributed by atoms with E-state index in [1.165, 1.54) is 13.3 Å². The summed E-state index contributed by atoms with van der Waals surface area (Å²) in [6.45, 7) is 2.93. The van der Waals surface area contributed by atoms with Gasteiger partial charge in [0, 0.05) is 13.6 Å². The number of H-pyrrole nitrogens is 1. The lowest BCUT2D eigenvalue weighted by Gasteiger charge is -2.09. The molecule has 0 aliphatic carbocycles. The summed E-state index contributed by atoms with van der Waals surface area (Å²) in [6.07, 6.45) is 3.51. The Bertz CT molecular complexity index is 388. The van der Waals surface area contributed by atoms with Gasteiger partial charge in [0.25, 0.3) is 0 Å². The molecule has 7 nitrogen and oxygen atoms in total. The molecule has 0 fully saturated rings. The molecule has 0 spiro atoms. The summed E-state index contributed by atoms with van der Waals surface area (Å²) >= 11 is 0. The lowest BCUT2D eigenvalue weighted by molar-refractivity contribution is 0.0601. The number of carbonyl (C=O) groups excluding carboxylic acids is 1. The standard InChI is InChI=1S/C10H17N5O2/c1-4-5-6-15(2)14-13-9-8(7-11-12-9)10(16)17-3/h7H,4-6H2,1-3H3,(H,11,12). The van der Waals surface area contributed by atoms with Crippen LogP contribution in [0.3, 0.4) is 0 Å². The van der Waals surface area contributed by atoms with Crippen molar-refractivity contribution in [2.45, 2.75) is 19.8 Å². The summed E-state index contributed by atoms with van der Waals surface area (Å²) in [7, 11) is 3.14. The molecule has 1 rings (SSSR count). The van der Waals surface area contributed by atoms with Crippen LogP contribution in [-0.2, 0) is 4.74 Å². The maximum absolute atomic E-state index is 11.3. The number of unbranched alkanes of at least 4 members (excludes halogenated alkanes) is 1. The van der Waals surface area contributed by atoms with Crippen molar-refractivity contribution in [3.05, 3.63) is 11.8 Å². The highest BCUT2D eigenvalue weighted by molar-refractivity contribution is 5.93. The fourth-order valence-corrected chi connectivity index (χ4v) is 1.17. The monoisotopic (exact) mass is 239 g/mol. The van der Waals surface area contributed by atoms with E-state index in [9.17, 15) is 4.79 Å². The molecule has 1 aromatic rings. The Balaban J connectivity index is 2.65. The van der Waals surface area contributed by atoms with Gasteiger partial charge in [0.05, 0.1) is 13.3 Å². The quantitative estimate of drug-likeness (QED) is 0.467. The first kappa shape index (κ1) is 13.1. The second-order valence-corrected chi connectivity index (χ2v) is 3.55. The number of hydrogen-bond acceptors (Lipinski definition) is 5. The zero-order valence-corrected chi connectivity index (χ0v) is 10.3. The van der Waals surface area contributed by atoms with Crippen molar-refractivity contribution in [3.8, 4) is 0 Å². The van der Waals surface area contributed by atoms with E-state index in [0.29, 0.717) is 5.82 Å². The van der Waals surface area contributed by atoms with Gasteiger partial charge in [-0.25, -0.2) is 4.79 Å². The topological polar surface area (TPSA) is 82.9 Å². The molecule has 1 aromatic heterocycles. The number of esters is 1. The summed E-state index contributed by atoms with van der Waals surface area (Å²) in [5.74, 6) is -0.177. The summed E-state index contributed by atoms with van der Waals surface area (Å²) in [5, 5.41) is 15.9. The van der Waals surface area contributed by atoms with Gasteiger partial charge in [0.1, 0.15) is 5.56 Å². The maximum atomic E-state index is 11.3. The van der Waals surface area contributed by atoms with Gasteiger partial charge in [-0.1, -0.05) is 18.6 Å². The van der Waals surface area contributed by atoms with E-state index in [-0.39, 0.29) is 5.56 Å². The fourth-order valence-electron chi connectivity index (χ4n) is 1.17. The average Bonchev–Trinajstić information content (AvgIpc) is 2.81. The van der Waals surface area contributed by atoms with E-state index < -0.39 is 5.97 Å². The molecule has 0 unspecified atom stereocenters. The number of carbonyl (C=O) groups is 1. The lowest BCUT2D eigenvalue weighted by Crippen LogP contribution is -2.11. The summed E-state index contributed by atoms with van der Waals surface area (Å²) in [5.41, 5.74) is 0.278. The summed E-state index contributed by atoms with van der Waals surface area (Å²) in [4.78, 5) is 11.3. The van der Waals surface area contributed by atoms with Crippen LogP contribution in [0.15, 0.2) is 16.5 Å². The first-order valence-corrected chi connectivity index (χ1v) is 5.43. The number of hydrogen-bond donors (Lipinski definition) is 1. The highest BCUT2D eigenvalue weighted by Crippen LogP contribution is 2.16. The van der Waals surface area contributed by atoms with Gasteiger partial charge < -0.3 is 4.74 Å². The van der Waals surface area contributed by atoms with E-state index in [2.05, 4.69) is 32.2 Å². The van der Waals surface area contributed by atoms with E-state index >= 15 is 0 Å². The molecule has 17 heavy (non-hydrogen) atoms. The normalized spacial score (nSPS) is 10.8. The third kappa shape index (κ3) is 3.86. The van der Waals surface area contributed by atoms with Gasteiger partial charge in [-0.2, -0.15) is 5.10 Å². The number of aromatic amines is 1. The van der Waals surface area contributed by atoms with Crippen LogP contribution in [0, 0.1) is 0 Å². The molecule has 0 amide bonds. The molecule has 1 N–H and O–H groups in total. The second-order valence-electron chi connectivity index (χ2n) is 3.55. The van der Waals surface area contributed by atoms with Gasteiger partial charge in [0.15, 0.2) is 5.82 Å². The minimum Gasteiger partial charge on any atom is -0.465 e. The predicted molar refractivity (Wildman–Crippen MR) is 62.0 cm³/mol. The van der Waals surface area contributed by atoms with Crippen molar-refractivity contribution in [1.29, 1.82) is 0 Å². The highest BCUT2D eigenvalue weighted by Gasteiger charge is 2.13. The minimum absolute atomic E-state index is 0.278. The molecule has 0 aromatic carbocycles. The van der Waals surface area contributed by atoms with Crippen LogP contribution >= 0.6 is 0 Å². The number of rotatable bonds is 6. The zero-order valence-electron chi connectivity index (χ0n) is 10.3. The van der Waals surface area contributed by atoms with Crippen LogP contribution < -0.4 is 0 Å². The van der Waals surface area contributed by atoms with Gasteiger partial charge >= 0.3 is 5.97 Å². The Morgan fingerprint density at radius 3 is 3.06 bits per heavy atom. The number of aromatic nitrogens is 2. The number of methoxy groups -OCH3 is 1. The number of nitrogens with one attached hydrogen (secondary N) is 1. The van der Waals surface area contributed by atoms with Crippen molar-refractivity contribution in [2.75, 3.05) is 20.7 Å². The highest BCUT2D eigenvalue weighted by atomic mass is 16.5.